The fourth-order valence-corrected chi connectivity index (χ4v) is 2.52. The van der Waals surface area contributed by atoms with Crippen LogP contribution in [0, 0.1) is 11.8 Å². The monoisotopic (exact) mass is 255 g/mol. The van der Waals surface area contributed by atoms with E-state index in [1.165, 1.54) is 19.3 Å². The minimum Gasteiger partial charge on any atom is -0.396 e. The summed E-state index contributed by atoms with van der Waals surface area (Å²) in [4.78, 5) is 8.19. The van der Waals surface area contributed by atoms with Crippen LogP contribution in [0.3, 0.4) is 0 Å². The van der Waals surface area contributed by atoms with Crippen LogP contribution in [0.1, 0.15) is 25.7 Å². The zero-order valence-electron chi connectivity index (χ0n) is 9.77. The summed E-state index contributed by atoms with van der Waals surface area (Å²) in [5.74, 6) is 1.55. The second kappa shape index (κ2) is 6.17. The predicted octanol–water partition coefficient (Wildman–Crippen LogP) is 2.34. The van der Waals surface area contributed by atoms with E-state index < -0.39 is 0 Å². The average molecular weight is 256 g/mol. The third-order valence-electron chi connectivity index (χ3n) is 3.44. The predicted molar refractivity (Wildman–Crippen MR) is 68.1 cm³/mol. The molecule has 2 rings (SSSR count). The Bertz CT molecular complexity index is 344. The quantitative estimate of drug-likeness (QED) is 0.867. The molecule has 1 aromatic rings. The van der Waals surface area contributed by atoms with Gasteiger partial charge in [0.2, 0.25) is 5.95 Å². The van der Waals surface area contributed by atoms with Gasteiger partial charge in [0.25, 0.3) is 0 Å². The molecule has 0 radical (unpaired) electrons. The lowest BCUT2D eigenvalue weighted by molar-refractivity contribution is 0.141. The number of anilines is 1. The van der Waals surface area contributed by atoms with Gasteiger partial charge < -0.3 is 10.4 Å². The van der Waals surface area contributed by atoms with Crippen LogP contribution in [0.15, 0.2) is 12.4 Å². The van der Waals surface area contributed by atoms with Crippen molar-refractivity contribution in [2.75, 3.05) is 18.5 Å². The maximum Gasteiger partial charge on any atom is 0.222 e. The summed E-state index contributed by atoms with van der Waals surface area (Å²) in [7, 11) is 0. The Balaban J connectivity index is 1.86. The third-order valence-corrected chi connectivity index (χ3v) is 3.64. The van der Waals surface area contributed by atoms with E-state index in [1.54, 1.807) is 12.4 Å². The van der Waals surface area contributed by atoms with Gasteiger partial charge in [-0.3, -0.25) is 0 Å². The topological polar surface area (TPSA) is 58.0 Å². The first-order valence-electron chi connectivity index (χ1n) is 6.12. The van der Waals surface area contributed by atoms with Crippen LogP contribution in [0.5, 0.6) is 0 Å². The molecule has 1 heterocycles. The Morgan fingerprint density at radius 2 is 1.88 bits per heavy atom. The highest BCUT2D eigenvalue weighted by molar-refractivity contribution is 6.30. The average Bonchev–Trinajstić information content (AvgIpc) is 2.38. The SMILES string of the molecule is OCC1CCCCC1CNc1ncc(Cl)cn1. The molecule has 0 saturated heterocycles. The molecule has 1 saturated carbocycles. The molecule has 94 valence electrons. The molecule has 1 aliphatic carbocycles. The number of hydrogen-bond donors (Lipinski definition) is 2. The number of nitrogens with zero attached hydrogens (tertiary/aromatic N) is 2. The standard InChI is InChI=1S/C12H18ClN3O/c13-11-6-15-12(16-7-11)14-5-9-3-1-2-4-10(9)8-17/h6-7,9-10,17H,1-5,8H2,(H,14,15,16). The van der Waals surface area contributed by atoms with Crippen molar-refractivity contribution in [3.05, 3.63) is 17.4 Å². The van der Waals surface area contributed by atoms with E-state index in [0.717, 1.165) is 13.0 Å². The van der Waals surface area contributed by atoms with Gasteiger partial charge in [0.1, 0.15) is 0 Å². The number of aromatic nitrogens is 2. The minimum atomic E-state index is 0.286. The number of rotatable bonds is 4. The second-order valence-electron chi connectivity index (χ2n) is 4.59. The Morgan fingerprint density at radius 1 is 1.24 bits per heavy atom. The third kappa shape index (κ3) is 3.54. The van der Waals surface area contributed by atoms with E-state index in [0.29, 0.717) is 22.8 Å². The van der Waals surface area contributed by atoms with Gasteiger partial charge in [-0.05, 0) is 24.7 Å². The second-order valence-corrected chi connectivity index (χ2v) is 5.03. The summed E-state index contributed by atoms with van der Waals surface area (Å²) in [6.45, 7) is 1.11. The van der Waals surface area contributed by atoms with Crippen molar-refractivity contribution in [2.45, 2.75) is 25.7 Å². The Hall–Kier alpha value is -0.870. The van der Waals surface area contributed by atoms with Gasteiger partial charge in [0, 0.05) is 13.2 Å². The van der Waals surface area contributed by atoms with Crippen molar-refractivity contribution >= 4 is 17.5 Å². The van der Waals surface area contributed by atoms with Gasteiger partial charge in [-0.25, -0.2) is 9.97 Å². The van der Waals surface area contributed by atoms with Crippen molar-refractivity contribution < 1.29 is 5.11 Å². The summed E-state index contributed by atoms with van der Waals surface area (Å²) in [6.07, 6.45) is 7.96. The summed E-state index contributed by atoms with van der Waals surface area (Å²) in [6, 6.07) is 0. The molecule has 0 spiro atoms. The molecule has 2 N–H and O–H groups in total. The van der Waals surface area contributed by atoms with Crippen molar-refractivity contribution in [1.29, 1.82) is 0 Å². The molecule has 0 aliphatic heterocycles. The Kier molecular flexibility index (Phi) is 4.57. The van der Waals surface area contributed by atoms with Crippen LogP contribution in [-0.4, -0.2) is 28.2 Å². The molecule has 0 amide bonds. The molecule has 1 fully saturated rings. The molecule has 5 heteroatoms. The van der Waals surface area contributed by atoms with Gasteiger partial charge in [-0.15, -0.1) is 0 Å². The van der Waals surface area contributed by atoms with E-state index >= 15 is 0 Å². The summed E-state index contributed by atoms with van der Waals surface area (Å²) >= 11 is 5.72. The normalized spacial score (nSPS) is 24.6. The van der Waals surface area contributed by atoms with E-state index in [4.69, 9.17) is 11.6 Å². The van der Waals surface area contributed by atoms with Crippen LogP contribution in [0.4, 0.5) is 5.95 Å². The van der Waals surface area contributed by atoms with Crippen LogP contribution in [0.25, 0.3) is 0 Å². The highest BCUT2D eigenvalue weighted by Gasteiger charge is 2.24. The molecule has 0 bridgehead atoms. The van der Waals surface area contributed by atoms with Crippen LogP contribution < -0.4 is 5.32 Å². The van der Waals surface area contributed by atoms with E-state index in [-0.39, 0.29) is 6.61 Å². The first-order chi connectivity index (χ1) is 8.29. The lowest BCUT2D eigenvalue weighted by atomic mass is 9.80. The van der Waals surface area contributed by atoms with Crippen molar-refractivity contribution in [2.24, 2.45) is 11.8 Å². The zero-order chi connectivity index (χ0) is 12.1. The number of aliphatic hydroxyl groups is 1. The van der Waals surface area contributed by atoms with Crippen molar-refractivity contribution in [1.82, 2.24) is 9.97 Å². The number of nitrogens with one attached hydrogen (secondary N) is 1. The van der Waals surface area contributed by atoms with Gasteiger partial charge in [0.05, 0.1) is 17.4 Å². The maximum absolute atomic E-state index is 9.32. The Labute approximate surface area is 106 Å². The molecular weight excluding hydrogens is 238 g/mol. The first kappa shape index (κ1) is 12.6. The van der Waals surface area contributed by atoms with Crippen molar-refractivity contribution in [3.63, 3.8) is 0 Å². The number of halogens is 1. The molecule has 2 unspecified atom stereocenters. The molecule has 2 atom stereocenters. The maximum atomic E-state index is 9.32. The van der Waals surface area contributed by atoms with Gasteiger partial charge in [0.15, 0.2) is 0 Å². The number of aliphatic hydroxyl groups excluding tert-OH is 1. The minimum absolute atomic E-state index is 0.286. The van der Waals surface area contributed by atoms with E-state index in [2.05, 4.69) is 15.3 Å². The molecule has 1 aromatic heterocycles. The highest BCUT2D eigenvalue weighted by atomic mass is 35.5. The molecule has 1 aliphatic rings. The largest absolute Gasteiger partial charge is 0.396 e. The first-order valence-corrected chi connectivity index (χ1v) is 6.49. The fraction of sp³-hybridized carbons (Fsp3) is 0.667. The summed E-state index contributed by atoms with van der Waals surface area (Å²) < 4.78 is 0. The van der Waals surface area contributed by atoms with Gasteiger partial charge >= 0.3 is 0 Å². The van der Waals surface area contributed by atoms with E-state index in [9.17, 15) is 5.11 Å². The lowest BCUT2D eigenvalue weighted by Crippen LogP contribution is -2.29. The lowest BCUT2D eigenvalue weighted by Gasteiger charge is -2.30. The number of hydrogen-bond acceptors (Lipinski definition) is 4. The molecular formula is C12H18ClN3O. The smallest absolute Gasteiger partial charge is 0.222 e. The highest BCUT2D eigenvalue weighted by Crippen LogP contribution is 2.29. The van der Waals surface area contributed by atoms with Crippen LogP contribution in [-0.2, 0) is 0 Å². The summed E-state index contributed by atoms with van der Waals surface area (Å²) in [5.41, 5.74) is 0. The van der Waals surface area contributed by atoms with Crippen molar-refractivity contribution in [3.8, 4) is 0 Å². The molecule has 4 nitrogen and oxygen atoms in total. The van der Waals surface area contributed by atoms with Gasteiger partial charge in [-0.1, -0.05) is 24.4 Å². The van der Waals surface area contributed by atoms with Crippen LogP contribution in [0.2, 0.25) is 5.02 Å². The summed E-state index contributed by atoms with van der Waals surface area (Å²) in [5, 5.41) is 13.1. The van der Waals surface area contributed by atoms with E-state index in [1.807, 2.05) is 0 Å². The molecule has 17 heavy (non-hydrogen) atoms. The zero-order valence-corrected chi connectivity index (χ0v) is 10.5. The fourth-order valence-electron chi connectivity index (χ4n) is 2.42. The Morgan fingerprint density at radius 3 is 2.53 bits per heavy atom. The van der Waals surface area contributed by atoms with Crippen LogP contribution >= 0.6 is 11.6 Å². The van der Waals surface area contributed by atoms with Gasteiger partial charge in [-0.2, -0.15) is 0 Å². The molecule has 0 aromatic carbocycles.